The number of phenolic OH excluding ortho intramolecular Hbond substituents is 1. The summed E-state index contributed by atoms with van der Waals surface area (Å²) >= 11 is 1.42. The first kappa shape index (κ1) is 13.0. The zero-order valence-electron chi connectivity index (χ0n) is 11.0. The number of carbonyl (C=O) groups excluding carboxylic acids is 1. The molecule has 0 radical (unpaired) electrons. The molecule has 0 amide bonds. The van der Waals surface area contributed by atoms with Gasteiger partial charge in [0.05, 0.1) is 6.61 Å². The van der Waals surface area contributed by atoms with E-state index >= 15 is 0 Å². The molecule has 6 heteroatoms. The molecule has 1 N–H and O–H groups in total. The fraction of sp³-hybridized carbons (Fsp3) is 0.250. The normalized spacial score (nSPS) is 10.8. The number of ether oxygens (including phenoxy) is 1. The Morgan fingerprint density at radius 1 is 1.50 bits per heavy atom. The molecule has 0 aliphatic carbocycles. The van der Waals surface area contributed by atoms with Gasteiger partial charge in [0.2, 0.25) is 0 Å². The van der Waals surface area contributed by atoms with E-state index in [-0.39, 0.29) is 5.97 Å². The topological polar surface area (TPSA) is 46.5 Å². The second kappa shape index (κ2) is 4.69. The number of hydrogen-bond donors (Lipinski definition) is 1. The van der Waals surface area contributed by atoms with Crippen LogP contribution in [0.15, 0.2) is 6.07 Å². The van der Waals surface area contributed by atoms with E-state index in [1.54, 1.807) is 6.92 Å². The molecular formula is C12H14B2O3S. The highest BCUT2D eigenvalue weighted by Gasteiger charge is 2.19. The van der Waals surface area contributed by atoms with Gasteiger partial charge in [-0.25, -0.2) is 4.79 Å². The van der Waals surface area contributed by atoms with Crippen LogP contribution in [0, 0.1) is 6.92 Å². The van der Waals surface area contributed by atoms with Gasteiger partial charge in [-0.2, -0.15) is 0 Å². The second-order valence-electron chi connectivity index (χ2n) is 4.32. The van der Waals surface area contributed by atoms with Crippen molar-refractivity contribution < 1.29 is 14.6 Å². The van der Waals surface area contributed by atoms with Crippen molar-refractivity contribution in [3.05, 3.63) is 16.5 Å². The molecule has 1 aromatic carbocycles. The van der Waals surface area contributed by atoms with Crippen molar-refractivity contribution >= 4 is 54.0 Å². The molecule has 0 saturated heterocycles. The molecule has 0 aliphatic heterocycles. The van der Waals surface area contributed by atoms with Crippen LogP contribution in [-0.2, 0) is 4.74 Å². The van der Waals surface area contributed by atoms with Crippen LogP contribution < -0.4 is 10.9 Å². The van der Waals surface area contributed by atoms with Crippen molar-refractivity contribution in [3.63, 3.8) is 0 Å². The first-order valence-corrected chi connectivity index (χ1v) is 6.68. The van der Waals surface area contributed by atoms with Crippen LogP contribution in [-0.4, -0.2) is 33.4 Å². The molecule has 0 aliphatic rings. The summed E-state index contributed by atoms with van der Waals surface area (Å²) in [6.07, 6.45) is 0. The standard InChI is InChI=1S/C12H14B2O3S/c1-3-17-12(16)11-5(2)8-7(18-11)4-6(13)10(15)9(8)14/h4,15H,3,13-14H2,1-2H3. The van der Waals surface area contributed by atoms with Crippen molar-refractivity contribution in [2.45, 2.75) is 13.8 Å². The van der Waals surface area contributed by atoms with Crippen molar-refractivity contribution in [2.75, 3.05) is 6.61 Å². The monoisotopic (exact) mass is 260 g/mol. The Hall–Kier alpha value is -1.42. The van der Waals surface area contributed by atoms with E-state index < -0.39 is 0 Å². The van der Waals surface area contributed by atoms with Gasteiger partial charge in [-0.15, -0.1) is 11.3 Å². The third kappa shape index (κ3) is 1.90. The Kier molecular flexibility index (Phi) is 3.39. The minimum absolute atomic E-state index is 0.284. The highest BCUT2D eigenvalue weighted by molar-refractivity contribution is 7.21. The lowest BCUT2D eigenvalue weighted by Gasteiger charge is -2.06. The minimum atomic E-state index is -0.284. The first-order valence-electron chi connectivity index (χ1n) is 5.86. The lowest BCUT2D eigenvalue weighted by Crippen LogP contribution is -2.15. The van der Waals surface area contributed by atoms with E-state index in [9.17, 15) is 9.90 Å². The molecule has 0 saturated carbocycles. The van der Waals surface area contributed by atoms with Gasteiger partial charge in [0.15, 0.2) is 0 Å². The molecule has 1 aromatic heterocycles. The summed E-state index contributed by atoms with van der Waals surface area (Å²) in [6.45, 7) is 4.06. The predicted molar refractivity (Wildman–Crippen MR) is 80.5 cm³/mol. The third-order valence-electron chi connectivity index (χ3n) is 3.09. The molecule has 0 bridgehead atoms. The molecule has 0 spiro atoms. The zero-order valence-corrected chi connectivity index (χ0v) is 11.8. The SMILES string of the molecule is Bc1cc2sc(C(=O)OCC)c(C)c2c(B)c1O. The number of fused-ring (bicyclic) bond motifs is 1. The van der Waals surface area contributed by atoms with E-state index in [1.807, 2.05) is 28.7 Å². The average molecular weight is 260 g/mol. The van der Waals surface area contributed by atoms with Gasteiger partial charge in [0.1, 0.15) is 26.3 Å². The fourth-order valence-corrected chi connectivity index (χ4v) is 3.44. The summed E-state index contributed by atoms with van der Waals surface area (Å²) in [4.78, 5) is 12.5. The summed E-state index contributed by atoms with van der Waals surface area (Å²) in [5.74, 6) is 0.0200. The van der Waals surface area contributed by atoms with Gasteiger partial charge in [0, 0.05) is 4.70 Å². The largest absolute Gasteiger partial charge is 0.509 e. The smallest absolute Gasteiger partial charge is 0.348 e. The molecular weight excluding hydrogens is 246 g/mol. The van der Waals surface area contributed by atoms with Crippen LogP contribution in [0.3, 0.4) is 0 Å². The van der Waals surface area contributed by atoms with Crippen LogP contribution in [0.2, 0.25) is 0 Å². The number of carbonyl (C=O) groups is 1. The van der Waals surface area contributed by atoms with Crippen LogP contribution >= 0.6 is 11.3 Å². The van der Waals surface area contributed by atoms with Gasteiger partial charge < -0.3 is 9.84 Å². The van der Waals surface area contributed by atoms with E-state index in [0.717, 1.165) is 26.6 Å². The summed E-state index contributed by atoms with van der Waals surface area (Å²) < 4.78 is 6.06. The maximum atomic E-state index is 11.8. The van der Waals surface area contributed by atoms with Crippen LogP contribution in [0.25, 0.3) is 10.1 Å². The molecule has 2 aromatic rings. The summed E-state index contributed by atoms with van der Waals surface area (Å²) in [6, 6.07) is 1.91. The lowest BCUT2D eigenvalue weighted by atomic mass is 9.82. The van der Waals surface area contributed by atoms with E-state index in [0.29, 0.717) is 17.2 Å². The van der Waals surface area contributed by atoms with E-state index in [2.05, 4.69) is 0 Å². The van der Waals surface area contributed by atoms with Crippen molar-refractivity contribution in [1.82, 2.24) is 0 Å². The van der Waals surface area contributed by atoms with Crippen LogP contribution in [0.4, 0.5) is 0 Å². The Morgan fingerprint density at radius 2 is 2.17 bits per heavy atom. The van der Waals surface area contributed by atoms with Gasteiger partial charge in [-0.3, -0.25) is 0 Å². The number of hydrogen-bond acceptors (Lipinski definition) is 4. The lowest BCUT2D eigenvalue weighted by molar-refractivity contribution is 0.0531. The number of rotatable bonds is 2. The van der Waals surface area contributed by atoms with Gasteiger partial charge >= 0.3 is 5.97 Å². The molecule has 0 unspecified atom stereocenters. The molecule has 0 atom stereocenters. The van der Waals surface area contributed by atoms with E-state index in [1.165, 1.54) is 11.3 Å². The third-order valence-corrected chi connectivity index (χ3v) is 4.31. The van der Waals surface area contributed by atoms with Gasteiger partial charge in [-0.1, -0.05) is 0 Å². The number of phenols is 1. The summed E-state index contributed by atoms with van der Waals surface area (Å²) in [5.41, 5.74) is 2.55. The summed E-state index contributed by atoms with van der Waals surface area (Å²) in [7, 11) is 3.74. The van der Waals surface area contributed by atoms with E-state index in [4.69, 9.17) is 4.74 Å². The van der Waals surface area contributed by atoms with Gasteiger partial charge in [0.25, 0.3) is 0 Å². The average Bonchev–Trinajstić information content (AvgIpc) is 2.64. The maximum Gasteiger partial charge on any atom is 0.348 e. The second-order valence-corrected chi connectivity index (χ2v) is 5.37. The molecule has 92 valence electrons. The van der Waals surface area contributed by atoms with Crippen molar-refractivity contribution in [1.29, 1.82) is 0 Å². The highest BCUT2D eigenvalue weighted by Crippen LogP contribution is 2.31. The first-order chi connectivity index (χ1) is 8.47. The quantitative estimate of drug-likeness (QED) is 0.590. The molecule has 0 fully saturated rings. The Bertz CT molecular complexity index is 634. The predicted octanol–water partition coefficient (Wildman–Crippen LogP) is -0.391. The maximum absolute atomic E-state index is 11.8. The van der Waals surface area contributed by atoms with Crippen LogP contribution in [0.5, 0.6) is 5.75 Å². The number of aromatic hydroxyl groups is 1. The Labute approximate surface area is 112 Å². The fourth-order valence-electron chi connectivity index (χ4n) is 2.17. The minimum Gasteiger partial charge on any atom is -0.509 e. The zero-order chi connectivity index (χ0) is 13.4. The molecule has 3 nitrogen and oxygen atoms in total. The number of benzene rings is 1. The van der Waals surface area contributed by atoms with Crippen LogP contribution in [0.1, 0.15) is 22.2 Å². The summed E-state index contributed by atoms with van der Waals surface area (Å²) in [5, 5.41) is 10.9. The van der Waals surface area contributed by atoms with Crippen molar-refractivity contribution in [2.24, 2.45) is 0 Å². The van der Waals surface area contributed by atoms with Gasteiger partial charge in [-0.05, 0) is 41.8 Å². The molecule has 18 heavy (non-hydrogen) atoms. The Balaban J connectivity index is 2.71. The van der Waals surface area contributed by atoms with Crippen molar-refractivity contribution in [3.8, 4) is 5.75 Å². The highest BCUT2D eigenvalue weighted by atomic mass is 32.1. The number of esters is 1. The number of thiophene rings is 1. The number of aryl methyl sites for hydroxylation is 1. The Morgan fingerprint density at radius 3 is 2.78 bits per heavy atom. The molecule has 1 heterocycles. The molecule has 2 rings (SSSR count).